The van der Waals surface area contributed by atoms with Crippen LogP contribution in [0.3, 0.4) is 0 Å². The van der Waals surface area contributed by atoms with Gasteiger partial charge in [-0.15, -0.1) is 0 Å². The van der Waals surface area contributed by atoms with E-state index < -0.39 is 46.0 Å². The van der Waals surface area contributed by atoms with Crippen molar-refractivity contribution in [3.8, 4) is 11.4 Å². The summed E-state index contributed by atoms with van der Waals surface area (Å²) < 4.78 is 64.7. The lowest BCUT2D eigenvalue weighted by atomic mass is 10.2. The van der Waals surface area contributed by atoms with Gasteiger partial charge >= 0.3 is 18.1 Å². The van der Waals surface area contributed by atoms with E-state index in [-0.39, 0.29) is 0 Å². The van der Waals surface area contributed by atoms with E-state index in [1.165, 1.54) is 17.0 Å². The number of pyridine rings is 1. The molecule has 2 aromatic heterocycles. The fraction of sp³-hybridized carbons (Fsp3) is 0.267. The number of sulfone groups is 1. The summed E-state index contributed by atoms with van der Waals surface area (Å²) in [7, 11) is -3.84. The summed E-state index contributed by atoms with van der Waals surface area (Å²) in [5.74, 6) is -5.08. The zero-order valence-electron chi connectivity index (χ0n) is 13.6. The molecule has 0 spiro atoms. The third-order valence-electron chi connectivity index (χ3n) is 3.12. The van der Waals surface area contributed by atoms with Gasteiger partial charge in [-0.05, 0) is 6.07 Å². The number of hydrogen-bond acceptors (Lipinski definition) is 7. The van der Waals surface area contributed by atoms with Crippen LogP contribution in [0.2, 0.25) is 0 Å². The van der Waals surface area contributed by atoms with Crippen molar-refractivity contribution in [3.05, 3.63) is 43.0 Å². The number of alkyl halides is 3. The third-order valence-corrected chi connectivity index (χ3v) is 4.63. The van der Waals surface area contributed by atoms with Gasteiger partial charge in [-0.3, -0.25) is 4.79 Å². The van der Waals surface area contributed by atoms with Crippen molar-refractivity contribution in [1.82, 2.24) is 9.97 Å². The van der Waals surface area contributed by atoms with Crippen LogP contribution in [0, 0.1) is 0 Å². The van der Waals surface area contributed by atoms with Crippen LogP contribution < -0.4 is 4.57 Å². The summed E-state index contributed by atoms with van der Waals surface area (Å²) in [5, 5.41) is 0. The second-order valence-electron chi connectivity index (χ2n) is 5.26. The van der Waals surface area contributed by atoms with Crippen molar-refractivity contribution in [2.24, 2.45) is 0 Å². The number of rotatable bonds is 6. The molecular formula is C15H13F3N3O5S+. The number of ether oxygens (including phenoxy) is 1. The molecule has 0 aliphatic carbocycles. The molecule has 0 saturated carbocycles. The smallest absolute Gasteiger partial charge is 0.386 e. The lowest BCUT2D eigenvalue weighted by molar-refractivity contribution is -0.677. The van der Waals surface area contributed by atoms with Gasteiger partial charge in [-0.25, -0.2) is 23.2 Å². The molecule has 8 nitrogen and oxygen atoms in total. The van der Waals surface area contributed by atoms with Crippen LogP contribution in [0.25, 0.3) is 11.4 Å². The Kier molecular flexibility index (Phi) is 6.20. The standard InChI is InChI=1S/C15H13F3N3O5S/c16-15(17,18)14(23)26-12(22)4-9-27(24,25)10-21-7-2-11(3-8-21)13-19-5-1-6-20-13/h1-3,5-8H,4,9-10H2/q+1. The molecule has 0 aliphatic heterocycles. The van der Waals surface area contributed by atoms with E-state index in [1.54, 1.807) is 30.6 Å². The number of nitrogens with zero attached hydrogens (tertiary/aromatic N) is 3. The van der Waals surface area contributed by atoms with E-state index in [0.717, 1.165) is 0 Å². The molecule has 0 saturated heterocycles. The van der Waals surface area contributed by atoms with Crippen molar-refractivity contribution in [2.45, 2.75) is 18.5 Å². The predicted octanol–water partition coefficient (Wildman–Crippen LogP) is 0.826. The van der Waals surface area contributed by atoms with Gasteiger partial charge in [0.05, 0.1) is 12.2 Å². The molecule has 2 rings (SSSR count). The maximum absolute atomic E-state index is 12.0. The van der Waals surface area contributed by atoms with Crippen molar-refractivity contribution < 1.29 is 40.5 Å². The van der Waals surface area contributed by atoms with Gasteiger partial charge in [-0.1, -0.05) is 0 Å². The lowest BCUT2D eigenvalue weighted by Gasteiger charge is -2.05. The first-order chi connectivity index (χ1) is 12.6. The fourth-order valence-corrected chi connectivity index (χ4v) is 3.12. The van der Waals surface area contributed by atoms with Crippen LogP contribution in [0.1, 0.15) is 6.42 Å². The van der Waals surface area contributed by atoms with E-state index in [2.05, 4.69) is 14.7 Å². The molecule has 0 aliphatic rings. The Morgan fingerprint density at radius 1 is 1.11 bits per heavy atom. The van der Waals surface area contributed by atoms with Gasteiger partial charge in [0, 0.05) is 30.1 Å². The molecule has 0 aromatic carbocycles. The quantitative estimate of drug-likeness (QED) is 0.399. The molecule has 0 unspecified atom stereocenters. The first-order valence-corrected chi connectivity index (χ1v) is 9.18. The zero-order chi connectivity index (χ0) is 20.1. The Bertz CT molecular complexity index is 916. The van der Waals surface area contributed by atoms with Gasteiger partial charge in [0.25, 0.3) is 0 Å². The second-order valence-corrected chi connectivity index (χ2v) is 7.41. The van der Waals surface area contributed by atoms with Crippen molar-refractivity contribution in [3.63, 3.8) is 0 Å². The summed E-state index contributed by atoms with van der Waals surface area (Å²) in [6, 6.07) is 4.81. The minimum absolute atomic E-state index is 0.449. The highest BCUT2D eigenvalue weighted by Crippen LogP contribution is 2.17. The highest BCUT2D eigenvalue weighted by atomic mass is 32.2. The van der Waals surface area contributed by atoms with Crippen LogP contribution in [-0.4, -0.2) is 42.3 Å². The largest absolute Gasteiger partial charge is 0.491 e. The second kappa shape index (κ2) is 8.20. The molecule has 2 aromatic rings. The first-order valence-electron chi connectivity index (χ1n) is 7.35. The van der Waals surface area contributed by atoms with Crippen LogP contribution in [0.15, 0.2) is 43.0 Å². The monoisotopic (exact) mass is 404 g/mol. The molecule has 0 fully saturated rings. The highest BCUT2D eigenvalue weighted by molar-refractivity contribution is 7.90. The van der Waals surface area contributed by atoms with E-state index in [9.17, 15) is 31.2 Å². The molecule has 0 radical (unpaired) electrons. The van der Waals surface area contributed by atoms with Gasteiger partial charge in [-0.2, -0.15) is 17.7 Å². The molecule has 12 heteroatoms. The van der Waals surface area contributed by atoms with E-state index in [1.807, 2.05) is 0 Å². The molecule has 0 atom stereocenters. The van der Waals surface area contributed by atoms with Crippen LogP contribution >= 0.6 is 0 Å². The third kappa shape index (κ3) is 6.40. The number of carbonyl (C=O) groups is 2. The first kappa shape index (κ1) is 20.4. The highest BCUT2D eigenvalue weighted by Gasteiger charge is 2.42. The zero-order valence-corrected chi connectivity index (χ0v) is 14.4. The number of aromatic nitrogens is 3. The molecule has 144 valence electrons. The van der Waals surface area contributed by atoms with Crippen molar-refractivity contribution >= 4 is 21.8 Å². The maximum Gasteiger partial charge on any atom is 0.491 e. The molecule has 0 bridgehead atoms. The Hall–Kier alpha value is -2.89. The lowest BCUT2D eigenvalue weighted by Crippen LogP contribution is -2.38. The van der Waals surface area contributed by atoms with Gasteiger partial charge in [0.2, 0.25) is 15.7 Å². The van der Waals surface area contributed by atoms with Crippen LogP contribution in [0.5, 0.6) is 0 Å². The van der Waals surface area contributed by atoms with Crippen molar-refractivity contribution in [1.29, 1.82) is 0 Å². The number of esters is 2. The Morgan fingerprint density at radius 2 is 1.70 bits per heavy atom. The number of carbonyl (C=O) groups excluding carboxylic acids is 2. The Labute approximate surface area is 151 Å². The van der Waals surface area contributed by atoms with Crippen molar-refractivity contribution in [2.75, 3.05) is 5.75 Å². The molecule has 27 heavy (non-hydrogen) atoms. The normalized spacial score (nSPS) is 11.8. The Balaban J connectivity index is 1.92. The van der Waals surface area contributed by atoms with Gasteiger partial charge in [0.15, 0.2) is 18.2 Å². The van der Waals surface area contributed by atoms with Gasteiger partial charge < -0.3 is 4.74 Å². The fourth-order valence-electron chi connectivity index (χ4n) is 1.88. The summed E-state index contributed by atoms with van der Waals surface area (Å²) in [5.41, 5.74) is 0.651. The molecule has 2 heterocycles. The van der Waals surface area contributed by atoms with E-state index in [4.69, 9.17) is 0 Å². The minimum Gasteiger partial charge on any atom is -0.386 e. The predicted molar refractivity (Wildman–Crippen MR) is 83.2 cm³/mol. The minimum atomic E-state index is -5.32. The summed E-state index contributed by atoms with van der Waals surface area (Å²) in [6.07, 6.45) is -0.189. The number of hydrogen-bond donors (Lipinski definition) is 0. The Morgan fingerprint density at radius 3 is 2.26 bits per heavy atom. The SMILES string of the molecule is O=C(CCS(=O)(=O)C[n+]1ccc(-c2ncccn2)cc1)OC(=O)C(F)(F)F. The molecular weight excluding hydrogens is 391 g/mol. The average molecular weight is 404 g/mol. The topological polar surface area (TPSA) is 107 Å². The van der Waals surface area contributed by atoms with Crippen LogP contribution in [-0.2, 0) is 30.0 Å². The van der Waals surface area contributed by atoms with Crippen LogP contribution in [0.4, 0.5) is 13.2 Å². The molecule has 0 N–H and O–H groups in total. The summed E-state index contributed by atoms with van der Waals surface area (Å²) in [4.78, 5) is 29.8. The van der Waals surface area contributed by atoms with Gasteiger partial charge in [0.1, 0.15) is 0 Å². The average Bonchev–Trinajstić information content (AvgIpc) is 2.60. The summed E-state index contributed by atoms with van der Waals surface area (Å²) in [6.45, 7) is 0. The van der Waals surface area contributed by atoms with E-state index in [0.29, 0.717) is 11.4 Å². The molecule has 0 amide bonds. The van der Waals surface area contributed by atoms with E-state index >= 15 is 0 Å². The number of halogens is 3. The summed E-state index contributed by atoms with van der Waals surface area (Å²) >= 11 is 0. The maximum atomic E-state index is 12.0.